The van der Waals surface area contributed by atoms with Gasteiger partial charge in [-0.2, -0.15) is 11.8 Å². The lowest BCUT2D eigenvalue weighted by Gasteiger charge is -2.37. The Bertz CT molecular complexity index is 1330. The third kappa shape index (κ3) is 4.75. The van der Waals surface area contributed by atoms with Crippen LogP contribution in [-0.4, -0.2) is 58.2 Å². The van der Waals surface area contributed by atoms with E-state index in [4.69, 9.17) is 0 Å². The second kappa shape index (κ2) is 10.6. The number of rotatable bonds is 9. The zero-order valence-corrected chi connectivity index (χ0v) is 22.4. The topological polar surface area (TPSA) is 94.3 Å². The minimum Gasteiger partial charge on any atom is -0.356 e. The van der Waals surface area contributed by atoms with Crippen molar-refractivity contribution < 1.29 is 14.4 Å². The molecule has 37 heavy (non-hydrogen) atoms. The molecule has 1 aromatic heterocycles. The SMILES string of the molecule is CSCC[C@H](NC(=O)[C@H]1Cc2c([nH]c3ccccc23)[C@@H]2c3ccccc3C(=O)N21)C(=O)NCCC(C)C. The van der Waals surface area contributed by atoms with Gasteiger partial charge in [0.2, 0.25) is 11.8 Å². The van der Waals surface area contributed by atoms with Crippen molar-refractivity contribution in [1.29, 1.82) is 0 Å². The van der Waals surface area contributed by atoms with Crippen LogP contribution < -0.4 is 10.6 Å². The number of aromatic amines is 1. The quantitative estimate of drug-likeness (QED) is 0.399. The minimum atomic E-state index is -0.711. The maximum absolute atomic E-state index is 13.9. The summed E-state index contributed by atoms with van der Waals surface area (Å²) in [5, 5.41) is 7.08. The molecule has 8 heteroatoms. The Morgan fingerprint density at radius 2 is 1.86 bits per heavy atom. The molecule has 0 unspecified atom stereocenters. The molecule has 5 rings (SSSR count). The molecule has 0 saturated heterocycles. The van der Waals surface area contributed by atoms with E-state index in [9.17, 15) is 14.4 Å². The van der Waals surface area contributed by atoms with Gasteiger partial charge in [-0.05, 0) is 54.0 Å². The van der Waals surface area contributed by atoms with Gasteiger partial charge in [0.05, 0.1) is 6.04 Å². The number of para-hydroxylation sites is 1. The summed E-state index contributed by atoms with van der Waals surface area (Å²) >= 11 is 1.64. The highest BCUT2D eigenvalue weighted by Crippen LogP contribution is 2.46. The molecule has 0 fully saturated rings. The summed E-state index contributed by atoms with van der Waals surface area (Å²) in [6.07, 6.45) is 3.79. The van der Waals surface area contributed by atoms with Gasteiger partial charge in [-0.15, -0.1) is 0 Å². The van der Waals surface area contributed by atoms with E-state index in [1.165, 1.54) is 0 Å². The van der Waals surface area contributed by atoms with Crippen LogP contribution in [-0.2, 0) is 16.0 Å². The largest absolute Gasteiger partial charge is 0.356 e. The Balaban J connectivity index is 1.47. The fourth-order valence-electron chi connectivity index (χ4n) is 5.52. The second-order valence-electron chi connectivity index (χ2n) is 10.3. The third-order valence-corrected chi connectivity index (χ3v) is 8.06. The van der Waals surface area contributed by atoms with Gasteiger partial charge in [0.15, 0.2) is 0 Å². The van der Waals surface area contributed by atoms with Gasteiger partial charge in [-0.1, -0.05) is 50.2 Å². The monoisotopic (exact) mass is 518 g/mol. The van der Waals surface area contributed by atoms with Crippen molar-refractivity contribution in [2.75, 3.05) is 18.6 Å². The molecule has 3 N–H and O–H groups in total. The molecule has 7 nitrogen and oxygen atoms in total. The van der Waals surface area contributed by atoms with Gasteiger partial charge in [0, 0.05) is 35.1 Å². The molecule has 2 aliphatic rings. The Kier molecular flexibility index (Phi) is 7.29. The average Bonchev–Trinajstić information content (AvgIpc) is 3.41. The maximum Gasteiger partial charge on any atom is 0.255 e. The first-order valence-electron chi connectivity index (χ1n) is 13.0. The van der Waals surface area contributed by atoms with Crippen LogP contribution in [0.5, 0.6) is 0 Å². The van der Waals surface area contributed by atoms with Crippen LogP contribution in [0.2, 0.25) is 0 Å². The van der Waals surface area contributed by atoms with Crippen molar-refractivity contribution in [2.24, 2.45) is 5.92 Å². The summed E-state index contributed by atoms with van der Waals surface area (Å²) in [4.78, 5) is 45.8. The zero-order valence-electron chi connectivity index (χ0n) is 21.5. The van der Waals surface area contributed by atoms with Crippen LogP contribution in [0.1, 0.15) is 59.9 Å². The molecule has 3 heterocycles. The van der Waals surface area contributed by atoms with Crippen LogP contribution in [0.3, 0.4) is 0 Å². The fourth-order valence-corrected chi connectivity index (χ4v) is 5.99. The van der Waals surface area contributed by atoms with Gasteiger partial charge in [-0.3, -0.25) is 14.4 Å². The van der Waals surface area contributed by atoms with Gasteiger partial charge < -0.3 is 20.5 Å². The molecule has 3 amide bonds. The molecule has 0 radical (unpaired) electrons. The fraction of sp³-hybridized carbons (Fsp3) is 0.414. The number of carbonyl (C=O) groups excluding carboxylic acids is 3. The van der Waals surface area contributed by atoms with Gasteiger partial charge in [0.1, 0.15) is 12.1 Å². The Labute approximate surface area is 221 Å². The Hall–Kier alpha value is -3.26. The van der Waals surface area contributed by atoms with Gasteiger partial charge in [-0.25, -0.2) is 0 Å². The lowest BCUT2D eigenvalue weighted by molar-refractivity contribution is -0.132. The van der Waals surface area contributed by atoms with Crippen LogP contribution in [0, 0.1) is 5.92 Å². The number of nitrogens with zero attached hydrogens (tertiary/aromatic N) is 1. The van der Waals surface area contributed by atoms with E-state index in [1.54, 1.807) is 16.7 Å². The lowest BCUT2D eigenvalue weighted by atomic mass is 9.89. The number of H-pyrrole nitrogens is 1. The van der Waals surface area contributed by atoms with E-state index in [1.807, 2.05) is 48.7 Å². The average molecular weight is 519 g/mol. The van der Waals surface area contributed by atoms with E-state index >= 15 is 0 Å². The molecule has 3 atom stereocenters. The number of hydrogen-bond acceptors (Lipinski definition) is 4. The van der Waals surface area contributed by atoms with Crippen molar-refractivity contribution >= 4 is 40.4 Å². The molecule has 0 spiro atoms. The van der Waals surface area contributed by atoms with E-state index < -0.39 is 12.1 Å². The van der Waals surface area contributed by atoms with Crippen LogP contribution >= 0.6 is 11.8 Å². The number of thioether (sulfide) groups is 1. The van der Waals surface area contributed by atoms with Crippen LogP contribution in [0.25, 0.3) is 10.9 Å². The zero-order chi connectivity index (χ0) is 26.1. The van der Waals surface area contributed by atoms with Gasteiger partial charge in [0.25, 0.3) is 5.91 Å². The molecule has 0 aliphatic carbocycles. The number of amides is 3. The third-order valence-electron chi connectivity index (χ3n) is 7.42. The Morgan fingerprint density at radius 3 is 2.65 bits per heavy atom. The van der Waals surface area contributed by atoms with Gasteiger partial charge >= 0.3 is 0 Å². The molecule has 2 aliphatic heterocycles. The van der Waals surface area contributed by atoms with E-state index in [2.05, 4.69) is 35.5 Å². The van der Waals surface area contributed by atoms with E-state index in [0.29, 0.717) is 30.9 Å². The predicted molar refractivity (Wildman–Crippen MR) is 148 cm³/mol. The first-order valence-corrected chi connectivity index (χ1v) is 14.4. The van der Waals surface area contributed by atoms with Crippen molar-refractivity contribution in [2.45, 2.75) is 51.2 Å². The highest BCUT2D eigenvalue weighted by atomic mass is 32.2. The lowest BCUT2D eigenvalue weighted by Crippen LogP contribution is -2.56. The highest BCUT2D eigenvalue weighted by Gasteiger charge is 2.49. The number of aromatic nitrogens is 1. The molecular formula is C29H34N4O3S. The molecule has 194 valence electrons. The summed E-state index contributed by atoms with van der Waals surface area (Å²) in [6.45, 7) is 4.80. The standard InChI is InChI=1S/C29H34N4O3S/c1-17(2)12-14-30-27(34)23(13-15-37-3)32-28(35)24-16-21-18-8-6-7-11-22(18)31-25(21)26-19-9-4-5-10-20(19)29(36)33(24)26/h4-11,17,23-24,26,31H,12-16H2,1-3H3,(H,30,34)(H,32,35)/t23-,24+,26-/m0/s1. The maximum atomic E-state index is 13.9. The second-order valence-corrected chi connectivity index (χ2v) is 11.3. The van der Waals surface area contributed by atoms with Crippen LogP contribution in [0.15, 0.2) is 48.5 Å². The number of carbonyl (C=O) groups is 3. The smallest absolute Gasteiger partial charge is 0.255 e. The molecule has 2 aromatic carbocycles. The summed E-state index contributed by atoms with van der Waals surface area (Å²) in [7, 11) is 0. The summed E-state index contributed by atoms with van der Waals surface area (Å²) in [6, 6.07) is 13.9. The molecule has 0 bridgehead atoms. The Morgan fingerprint density at radius 1 is 1.11 bits per heavy atom. The van der Waals surface area contributed by atoms with Crippen LogP contribution in [0.4, 0.5) is 0 Å². The van der Waals surface area contributed by atoms with Crippen molar-refractivity contribution in [3.8, 4) is 0 Å². The normalized spacial score (nSPS) is 18.9. The molecule has 3 aromatic rings. The minimum absolute atomic E-state index is 0.146. The number of benzene rings is 2. The highest BCUT2D eigenvalue weighted by molar-refractivity contribution is 7.98. The summed E-state index contributed by atoms with van der Waals surface area (Å²) in [5.41, 5.74) is 4.55. The van der Waals surface area contributed by atoms with E-state index in [0.717, 1.165) is 39.9 Å². The predicted octanol–water partition coefficient (Wildman–Crippen LogP) is 4.04. The molecular weight excluding hydrogens is 484 g/mol. The summed E-state index contributed by atoms with van der Waals surface area (Å²) < 4.78 is 0. The van der Waals surface area contributed by atoms with Crippen molar-refractivity contribution in [3.63, 3.8) is 0 Å². The van der Waals surface area contributed by atoms with E-state index in [-0.39, 0.29) is 23.8 Å². The first-order chi connectivity index (χ1) is 17.9. The van der Waals surface area contributed by atoms with Crippen molar-refractivity contribution in [3.05, 3.63) is 70.9 Å². The first kappa shape index (κ1) is 25.4. The number of hydrogen-bond donors (Lipinski definition) is 3. The summed E-state index contributed by atoms with van der Waals surface area (Å²) in [5.74, 6) is 0.627. The molecule has 0 saturated carbocycles. The number of fused-ring (bicyclic) bond motifs is 7. The number of nitrogens with one attached hydrogen (secondary N) is 3. The van der Waals surface area contributed by atoms with Crippen molar-refractivity contribution in [1.82, 2.24) is 20.5 Å².